The standard InChI is InChI=1S/C74H84F2N8O14/c1-95-71(91)63(81-73(93)97-47-51-17-9-7-10-18-51)21-15-35-77-67(87)59-39-53-43-83(45-55(53)41-61(59)69(89)79-37-33-49-25-29-57(75)30-26-49)65(85)23-13-5-3-4-6-14-24-66(86)84-44-54-40-60(62(42-56(54)46-84)70(90)80-38-34-50-27-31-58(76)32-28-50)68(88)78-36-16-22-64(72(92)96-2)82-74(94)98-48-52-19-11-8-12-20-52/h7-12,17-20,25-32,39-42,63-64H,3-6,13-16,21-24,33-38,43-48H2,1-2H3,(H,77,87)(H,78,88)(H,79,89)(H,80,90)(H,81,93)(H,82,94)/t63-,64-/m0/s1. The zero-order valence-corrected chi connectivity index (χ0v) is 55.2. The summed E-state index contributed by atoms with van der Waals surface area (Å²) in [5.74, 6) is -4.44. The minimum atomic E-state index is -1.06. The van der Waals surface area contributed by atoms with Gasteiger partial charge in [-0.15, -0.1) is 0 Å². The fourth-order valence-electron chi connectivity index (χ4n) is 11.5. The van der Waals surface area contributed by atoms with Crippen molar-refractivity contribution in [3.8, 4) is 0 Å². The summed E-state index contributed by atoms with van der Waals surface area (Å²) in [6.45, 7) is 1.46. The van der Waals surface area contributed by atoms with Crippen molar-refractivity contribution in [3.63, 3.8) is 0 Å². The number of halogens is 2. The SMILES string of the molecule is COC(=O)[C@H](CCCNC(=O)c1cc2c(cc1C(=O)NCCc1ccc(F)cc1)CN(C(=O)CCCCCCCCC(=O)N1Cc3cc(C(=O)NCCC[C@H](NC(=O)OCc4ccccc4)C(=O)OC)c(C(=O)NCCc4ccc(F)cc4)cc3C1)C2)NC(=O)OCc1ccccc1. The van der Waals surface area contributed by atoms with Crippen LogP contribution in [0.15, 0.2) is 133 Å². The number of alkyl carbamates (subject to hydrolysis) is 2. The number of carbonyl (C=O) groups is 10. The Labute approximate surface area is 568 Å². The molecule has 0 saturated carbocycles. The lowest BCUT2D eigenvalue weighted by molar-refractivity contribution is -0.144. The zero-order valence-electron chi connectivity index (χ0n) is 55.2. The van der Waals surface area contributed by atoms with Gasteiger partial charge in [-0.05, 0) is 144 Å². The Kier molecular flexibility index (Phi) is 28.2. The van der Waals surface area contributed by atoms with Crippen molar-refractivity contribution in [2.24, 2.45) is 0 Å². The molecule has 0 fully saturated rings. The summed E-state index contributed by atoms with van der Waals surface area (Å²) < 4.78 is 47.5. The molecule has 2 atom stereocenters. The Morgan fingerprint density at radius 3 is 1.04 bits per heavy atom. The Hall–Kier alpha value is -10.5. The number of esters is 2. The minimum absolute atomic E-state index is 0.00975. The van der Waals surface area contributed by atoms with Crippen LogP contribution in [0.25, 0.3) is 0 Å². The topological polar surface area (TPSA) is 286 Å². The smallest absolute Gasteiger partial charge is 0.408 e. The van der Waals surface area contributed by atoms with Gasteiger partial charge in [0.15, 0.2) is 0 Å². The van der Waals surface area contributed by atoms with E-state index in [1.165, 1.54) is 38.5 Å². The number of hydrogen-bond acceptors (Lipinski definition) is 14. The van der Waals surface area contributed by atoms with Gasteiger partial charge in [-0.1, -0.05) is 111 Å². The molecule has 2 heterocycles. The Bertz CT molecular complexity index is 3510. The van der Waals surface area contributed by atoms with E-state index in [0.717, 1.165) is 59.1 Å². The third-order valence-electron chi connectivity index (χ3n) is 17.0. The number of rotatable bonds is 35. The van der Waals surface area contributed by atoms with E-state index >= 15 is 0 Å². The number of amides is 8. The van der Waals surface area contributed by atoms with Gasteiger partial charge in [-0.3, -0.25) is 28.8 Å². The first-order valence-corrected chi connectivity index (χ1v) is 33.0. The maximum Gasteiger partial charge on any atom is 0.408 e. The average molecular weight is 1350 g/mol. The number of nitrogens with zero attached hydrogens (tertiary/aromatic N) is 2. The molecule has 0 unspecified atom stereocenters. The third-order valence-corrected chi connectivity index (χ3v) is 17.0. The lowest BCUT2D eigenvalue weighted by Gasteiger charge is -2.17. The van der Waals surface area contributed by atoms with Crippen molar-refractivity contribution in [3.05, 3.63) is 212 Å². The highest BCUT2D eigenvalue weighted by Gasteiger charge is 2.31. The Balaban J connectivity index is 0.785. The molecular weight excluding hydrogens is 1260 g/mol. The molecule has 2 aliphatic heterocycles. The summed E-state index contributed by atoms with van der Waals surface area (Å²) >= 11 is 0. The van der Waals surface area contributed by atoms with Crippen LogP contribution in [0.4, 0.5) is 18.4 Å². The van der Waals surface area contributed by atoms with E-state index in [1.54, 1.807) is 107 Å². The van der Waals surface area contributed by atoms with Crippen LogP contribution >= 0.6 is 0 Å². The van der Waals surface area contributed by atoms with Crippen molar-refractivity contribution in [1.29, 1.82) is 0 Å². The highest BCUT2D eigenvalue weighted by molar-refractivity contribution is 6.08. The maximum atomic E-state index is 13.9. The van der Waals surface area contributed by atoms with E-state index in [9.17, 15) is 56.7 Å². The van der Waals surface area contributed by atoms with Crippen LogP contribution < -0.4 is 31.9 Å². The Morgan fingerprint density at radius 2 is 0.714 bits per heavy atom. The Morgan fingerprint density at radius 1 is 0.398 bits per heavy atom. The van der Waals surface area contributed by atoms with Crippen molar-refractivity contribution >= 4 is 59.6 Å². The normalized spacial score (nSPS) is 12.6. The molecular formula is C74H84F2N8O14. The molecule has 6 aromatic carbocycles. The average Bonchev–Trinajstić information content (AvgIpc) is 1.60. The molecule has 518 valence electrons. The van der Waals surface area contributed by atoms with Crippen LogP contribution in [0.2, 0.25) is 0 Å². The first-order valence-electron chi connectivity index (χ1n) is 33.0. The summed E-state index contributed by atoms with van der Waals surface area (Å²) in [5.41, 5.74) is 6.39. The van der Waals surface area contributed by atoms with Crippen molar-refractivity contribution < 1.29 is 75.7 Å². The molecule has 0 saturated heterocycles. The number of methoxy groups -OCH3 is 2. The van der Waals surface area contributed by atoms with Crippen LogP contribution in [-0.4, -0.2) is 122 Å². The number of carbonyl (C=O) groups excluding carboxylic acids is 10. The van der Waals surface area contributed by atoms with Crippen molar-refractivity contribution in [1.82, 2.24) is 41.7 Å². The summed E-state index contributed by atoms with van der Waals surface area (Å²) in [5, 5.41) is 16.5. The lowest BCUT2D eigenvalue weighted by Crippen LogP contribution is -2.42. The zero-order chi connectivity index (χ0) is 69.8. The summed E-state index contributed by atoms with van der Waals surface area (Å²) in [6, 6.07) is 34.3. The summed E-state index contributed by atoms with van der Waals surface area (Å²) in [7, 11) is 2.39. The number of benzene rings is 6. The van der Waals surface area contributed by atoms with Gasteiger partial charge in [-0.25, -0.2) is 28.0 Å². The highest BCUT2D eigenvalue weighted by Crippen LogP contribution is 2.30. The van der Waals surface area contributed by atoms with Gasteiger partial charge < -0.3 is 60.6 Å². The van der Waals surface area contributed by atoms with Gasteiger partial charge in [-0.2, -0.15) is 0 Å². The molecule has 98 heavy (non-hydrogen) atoms. The van der Waals surface area contributed by atoms with Gasteiger partial charge in [0.2, 0.25) is 11.8 Å². The number of unbranched alkanes of at least 4 members (excludes halogenated alkanes) is 5. The largest absolute Gasteiger partial charge is 0.467 e. The van der Waals surface area contributed by atoms with Gasteiger partial charge in [0.05, 0.1) is 36.5 Å². The van der Waals surface area contributed by atoms with Gasteiger partial charge >= 0.3 is 24.1 Å². The molecule has 0 bridgehead atoms. The van der Waals surface area contributed by atoms with Crippen LogP contribution in [0.1, 0.15) is 163 Å². The minimum Gasteiger partial charge on any atom is -0.467 e. The van der Waals surface area contributed by atoms with E-state index in [2.05, 4.69) is 31.9 Å². The fourth-order valence-corrected chi connectivity index (χ4v) is 11.5. The number of hydrogen-bond donors (Lipinski definition) is 6. The molecule has 24 heteroatoms. The molecule has 8 rings (SSSR count). The monoisotopic (exact) mass is 1350 g/mol. The van der Waals surface area contributed by atoms with Crippen molar-refractivity contribution in [2.75, 3.05) is 40.4 Å². The van der Waals surface area contributed by atoms with Crippen LogP contribution in [-0.2, 0) is 90.4 Å². The third kappa shape index (κ3) is 22.5. The van der Waals surface area contributed by atoms with E-state index in [4.69, 9.17) is 18.9 Å². The first-order chi connectivity index (χ1) is 47.4. The van der Waals surface area contributed by atoms with Crippen LogP contribution in [0, 0.1) is 11.6 Å². The van der Waals surface area contributed by atoms with Crippen LogP contribution in [0.3, 0.4) is 0 Å². The predicted octanol–water partition coefficient (Wildman–Crippen LogP) is 9.37. The molecule has 6 N–H and O–H groups in total. The molecule has 0 radical (unpaired) electrons. The van der Waals surface area contributed by atoms with E-state index in [-0.39, 0.29) is 150 Å². The van der Waals surface area contributed by atoms with E-state index in [1.807, 2.05) is 12.1 Å². The number of nitrogens with one attached hydrogen (secondary N) is 6. The lowest BCUT2D eigenvalue weighted by atomic mass is 9.98. The van der Waals surface area contributed by atoms with E-state index in [0.29, 0.717) is 36.8 Å². The molecule has 6 aromatic rings. The number of fused-ring (bicyclic) bond motifs is 2. The van der Waals surface area contributed by atoms with E-state index < -0.39 is 59.8 Å². The van der Waals surface area contributed by atoms with Gasteiger partial charge in [0.1, 0.15) is 36.9 Å². The molecule has 8 amide bonds. The maximum absolute atomic E-state index is 13.9. The van der Waals surface area contributed by atoms with Gasteiger partial charge in [0.25, 0.3) is 23.6 Å². The van der Waals surface area contributed by atoms with Crippen LogP contribution in [0.5, 0.6) is 0 Å². The fraction of sp³-hybridized carbons (Fsp3) is 0.378. The van der Waals surface area contributed by atoms with Gasteiger partial charge in [0, 0.05) is 65.2 Å². The first kappa shape index (κ1) is 73.3. The second-order valence-corrected chi connectivity index (χ2v) is 24.1. The molecule has 0 spiro atoms. The molecule has 0 aromatic heterocycles. The van der Waals surface area contributed by atoms with Crippen molar-refractivity contribution in [2.45, 2.75) is 141 Å². The quantitative estimate of drug-likeness (QED) is 0.0123. The summed E-state index contributed by atoms with van der Waals surface area (Å²) in [6.07, 6.45) is 4.89. The number of ether oxygens (including phenoxy) is 4. The molecule has 22 nitrogen and oxygen atoms in total. The highest BCUT2D eigenvalue weighted by atomic mass is 19.1. The molecule has 2 aliphatic rings. The second-order valence-electron chi connectivity index (χ2n) is 24.1. The molecule has 0 aliphatic carbocycles. The predicted molar refractivity (Wildman–Crippen MR) is 357 cm³/mol. The second kappa shape index (κ2) is 37.7. The summed E-state index contributed by atoms with van der Waals surface area (Å²) in [4.78, 5) is 137.